The van der Waals surface area contributed by atoms with E-state index in [2.05, 4.69) is 24.9 Å². The lowest BCUT2D eigenvalue weighted by atomic mass is 9.93. The molecule has 1 aliphatic rings. The Morgan fingerprint density at radius 1 is 0.972 bits per heavy atom. The number of aliphatic hydroxyl groups excluding tert-OH is 1. The quantitative estimate of drug-likeness (QED) is 0.195. The fraction of sp³-hybridized carbons (Fsp3) is 0.226. The van der Waals surface area contributed by atoms with Crippen LogP contribution in [-0.2, 0) is 16.0 Å². The van der Waals surface area contributed by atoms with E-state index in [4.69, 9.17) is 0 Å². The molecule has 0 saturated carbocycles. The number of Topliss-reactive ketones (excluding diaryl/α,β-unsaturated/α-hetero) is 1. The molecule has 1 atom stereocenters. The summed E-state index contributed by atoms with van der Waals surface area (Å²) in [7, 11) is 0. The van der Waals surface area contributed by atoms with E-state index in [9.17, 15) is 14.7 Å². The number of amides is 1. The Hall–Kier alpha value is -4.12. The maximum atomic E-state index is 13.3. The fourth-order valence-electron chi connectivity index (χ4n) is 4.97. The van der Waals surface area contributed by atoms with Crippen molar-refractivity contribution in [1.82, 2.24) is 9.88 Å². The highest BCUT2D eigenvalue weighted by molar-refractivity contribution is 6.46. The van der Waals surface area contributed by atoms with Crippen molar-refractivity contribution in [1.29, 1.82) is 0 Å². The van der Waals surface area contributed by atoms with Crippen LogP contribution in [0.3, 0.4) is 0 Å². The SMILES string of the molecule is Cc1ccc(/C(O)=C2\C(=O)C(=O)N(CCc3c[nH]c4ccccc34)C2c2ccc(C(C)C)cc2)cc1. The lowest BCUT2D eigenvalue weighted by Gasteiger charge is -2.25. The maximum Gasteiger partial charge on any atom is 0.295 e. The van der Waals surface area contributed by atoms with Crippen LogP contribution in [0.2, 0.25) is 0 Å². The molecule has 0 radical (unpaired) electrons. The van der Waals surface area contributed by atoms with Gasteiger partial charge in [0.25, 0.3) is 11.7 Å². The lowest BCUT2D eigenvalue weighted by molar-refractivity contribution is -0.139. The van der Waals surface area contributed by atoms with Gasteiger partial charge in [-0.15, -0.1) is 0 Å². The number of carbonyl (C=O) groups is 2. The third-order valence-corrected chi connectivity index (χ3v) is 7.08. The van der Waals surface area contributed by atoms with Crippen molar-refractivity contribution >= 4 is 28.4 Å². The first-order valence-corrected chi connectivity index (χ1v) is 12.4. The third-order valence-electron chi connectivity index (χ3n) is 7.08. The van der Waals surface area contributed by atoms with Crippen LogP contribution in [-0.4, -0.2) is 33.2 Å². The molecule has 3 aromatic carbocycles. The number of aliphatic hydroxyl groups is 1. The third kappa shape index (κ3) is 4.22. The topological polar surface area (TPSA) is 73.4 Å². The molecule has 182 valence electrons. The van der Waals surface area contributed by atoms with Gasteiger partial charge >= 0.3 is 0 Å². The molecular formula is C31H30N2O3. The number of likely N-dealkylation sites (tertiary alicyclic amines) is 1. The molecule has 1 saturated heterocycles. The van der Waals surface area contributed by atoms with Gasteiger partial charge in [-0.05, 0) is 42.0 Å². The first-order chi connectivity index (χ1) is 17.3. The van der Waals surface area contributed by atoms with Crippen molar-refractivity contribution in [3.63, 3.8) is 0 Å². The molecule has 1 aliphatic heterocycles. The molecule has 2 heterocycles. The summed E-state index contributed by atoms with van der Waals surface area (Å²) in [4.78, 5) is 31.5. The van der Waals surface area contributed by atoms with E-state index in [1.807, 2.05) is 67.7 Å². The minimum Gasteiger partial charge on any atom is -0.507 e. The van der Waals surface area contributed by atoms with Crippen LogP contribution < -0.4 is 0 Å². The molecule has 0 spiro atoms. The second-order valence-electron chi connectivity index (χ2n) is 9.79. The average Bonchev–Trinajstić information content (AvgIpc) is 3.41. The van der Waals surface area contributed by atoms with E-state index in [1.165, 1.54) is 5.56 Å². The molecule has 5 rings (SSSR count). The normalized spacial score (nSPS) is 17.4. The number of para-hydroxylation sites is 1. The van der Waals surface area contributed by atoms with Gasteiger partial charge in [0.15, 0.2) is 0 Å². The van der Waals surface area contributed by atoms with Gasteiger partial charge in [0, 0.05) is 29.2 Å². The van der Waals surface area contributed by atoms with E-state index < -0.39 is 17.7 Å². The zero-order valence-electron chi connectivity index (χ0n) is 20.8. The molecule has 0 aliphatic carbocycles. The van der Waals surface area contributed by atoms with Gasteiger partial charge in [0.05, 0.1) is 11.6 Å². The van der Waals surface area contributed by atoms with Crippen LogP contribution in [0.15, 0.2) is 84.6 Å². The predicted molar refractivity (Wildman–Crippen MR) is 143 cm³/mol. The van der Waals surface area contributed by atoms with E-state index in [-0.39, 0.29) is 11.3 Å². The highest BCUT2D eigenvalue weighted by Gasteiger charge is 2.45. The van der Waals surface area contributed by atoms with Crippen LogP contribution >= 0.6 is 0 Å². The number of rotatable bonds is 6. The Labute approximate surface area is 211 Å². The largest absolute Gasteiger partial charge is 0.507 e. The second-order valence-corrected chi connectivity index (χ2v) is 9.79. The number of fused-ring (bicyclic) bond motifs is 1. The molecule has 1 amide bonds. The van der Waals surface area contributed by atoms with Gasteiger partial charge in [-0.2, -0.15) is 0 Å². The smallest absolute Gasteiger partial charge is 0.295 e. The van der Waals surface area contributed by atoms with E-state index in [0.717, 1.165) is 27.6 Å². The van der Waals surface area contributed by atoms with E-state index in [0.29, 0.717) is 24.4 Å². The number of aromatic nitrogens is 1. The van der Waals surface area contributed by atoms with Crippen molar-refractivity contribution in [2.24, 2.45) is 0 Å². The van der Waals surface area contributed by atoms with E-state index >= 15 is 0 Å². The summed E-state index contributed by atoms with van der Waals surface area (Å²) in [5.41, 5.74) is 5.82. The summed E-state index contributed by atoms with van der Waals surface area (Å²) in [6, 6.07) is 22.7. The number of hydrogen-bond donors (Lipinski definition) is 2. The highest BCUT2D eigenvalue weighted by atomic mass is 16.3. The number of benzene rings is 3. The Balaban J connectivity index is 1.56. The summed E-state index contributed by atoms with van der Waals surface area (Å²) in [5.74, 6) is -1.01. The van der Waals surface area contributed by atoms with Crippen molar-refractivity contribution in [3.8, 4) is 0 Å². The zero-order chi connectivity index (χ0) is 25.4. The lowest BCUT2D eigenvalue weighted by Crippen LogP contribution is -2.31. The van der Waals surface area contributed by atoms with Crippen molar-refractivity contribution in [2.75, 3.05) is 6.54 Å². The molecule has 0 bridgehead atoms. The van der Waals surface area contributed by atoms with Gasteiger partial charge < -0.3 is 15.0 Å². The fourth-order valence-corrected chi connectivity index (χ4v) is 4.97. The summed E-state index contributed by atoms with van der Waals surface area (Å²) < 4.78 is 0. The van der Waals surface area contributed by atoms with E-state index in [1.54, 1.807) is 17.0 Å². The number of nitrogens with zero attached hydrogens (tertiary/aromatic N) is 1. The number of carbonyl (C=O) groups excluding carboxylic acids is 2. The summed E-state index contributed by atoms with van der Waals surface area (Å²) in [5, 5.41) is 12.4. The first kappa shape index (κ1) is 23.6. The molecule has 36 heavy (non-hydrogen) atoms. The Kier molecular flexibility index (Phi) is 6.23. The van der Waals surface area contributed by atoms with Gasteiger partial charge in [0.2, 0.25) is 0 Å². The molecule has 1 fully saturated rings. The van der Waals surface area contributed by atoms with Gasteiger partial charge in [-0.25, -0.2) is 0 Å². The summed E-state index contributed by atoms with van der Waals surface area (Å²) in [6.07, 6.45) is 2.54. The standard InChI is InChI=1S/C31H30N2O3/c1-19(2)21-12-14-22(15-13-21)28-27(29(34)23-10-8-20(3)9-11-23)30(35)31(36)33(28)17-16-24-18-32-26-7-5-4-6-25(24)26/h4-15,18-19,28,32,34H,16-17H2,1-3H3/b29-27+. The molecule has 5 heteroatoms. The Morgan fingerprint density at radius 3 is 2.36 bits per heavy atom. The molecule has 5 nitrogen and oxygen atoms in total. The number of aromatic amines is 1. The van der Waals surface area contributed by atoms with Crippen LogP contribution in [0.4, 0.5) is 0 Å². The molecule has 1 unspecified atom stereocenters. The van der Waals surface area contributed by atoms with Gasteiger partial charge in [0.1, 0.15) is 5.76 Å². The first-order valence-electron chi connectivity index (χ1n) is 12.4. The van der Waals surface area contributed by atoms with Gasteiger partial charge in [-0.3, -0.25) is 9.59 Å². The van der Waals surface area contributed by atoms with Crippen molar-refractivity contribution in [2.45, 2.75) is 39.2 Å². The number of nitrogens with one attached hydrogen (secondary N) is 1. The molecule has 2 N–H and O–H groups in total. The van der Waals surface area contributed by atoms with Crippen molar-refractivity contribution in [3.05, 3.63) is 112 Å². The Morgan fingerprint density at radius 2 is 1.67 bits per heavy atom. The Bertz CT molecular complexity index is 1460. The van der Waals surface area contributed by atoms with Crippen LogP contribution in [0, 0.1) is 6.92 Å². The number of aryl methyl sites for hydroxylation is 1. The van der Waals surface area contributed by atoms with Crippen LogP contribution in [0.25, 0.3) is 16.7 Å². The zero-order valence-corrected chi connectivity index (χ0v) is 20.8. The number of H-pyrrole nitrogens is 1. The molecule has 4 aromatic rings. The van der Waals surface area contributed by atoms with Crippen LogP contribution in [0.1, 0.15) is 53.6 Å². The minimum atomic E-state index is -0.655. The number of ketones is 1. The van der Waals surface area contributed by atoms with Gasteiger partial charge in [-0.1, -0.05) is 86.1 Å². The van der Waals surface area contributed by atoms with Crippen LogP contribution in [0.5, 0.6) is 0 Å². The molecular weight excluding hydrogens is 448 g/mol. The number of hydrogen-bond acceptors (Lipinski definition) is 3. The monoisotopic (exact) mass is 478 g/mol. The predicted octanol–water partition coefficient (Wildman–Crippen LogP) is 6.26. The second kappa shape index (κ2) is 9.50. The van der Waals surface area contributed by atoms with Crippen molar-refractivity contribution < 1.29 is 14.7 Å². The average molecular weight is 479 g/mol. The maximum absolute atomic E-state index is 13.3. The minimum absolute atomic E-state index is 0.138. The summed E-state index contributed by atoms with van der Waals surface area (Å²) >= 11 is 0. The molecule has 1 aromatic heterocycles. The highest BCUT2D eigenvalue weighted by Crippen LogP contribution is 2.40. The summed E-state index contributed by atoms with van der Waals surface area (Å²) in [6.45, 7) is 6.57.